The predicted octanol–water partition coefficient (Wildman–Crippen LogP) is 3.60. The molecule has 6 heteroatoms. The van der Waals surface area contributed by atoms with Crippen molar-refractivity contribution in [3.05, 3.63) is 64.7 Å². The lowest BCUT2D eigenvalue weighted by molar-refractivity contribution is 0.0950. The highest BCUT2D eigenvalue weighted by molar-refractivity contribution is 7.15. The van der Waals surface area contributed by atoms with E-state index in [1.807, 2.05) is 56.3 Å². The van der Waals surface area contributed by atoms with E-state index in [0.717, 1.165) is 21.8 Å². The van der Waals surface area contributed by atoms with E-state index >= 15 is 0 Å². The van der Waals surface area contributed by atoms with Crippen molar-refractivity contribution in [3.8, 4) is 10.6 Å². The van der Waals surface area contributed by atoms with Gasteiger partial charge in [-0.3, -0.25) is 9.89 Å². The van der Waals surface area contributed by atoms with Gasteiger partial charge in [0.15, 0.2) is 5.69 Å². The second kappa shape index (κ2) is 6.58. The average Bonchev–Trinajstić information content (AvgIpc) is 3.22. The topological polar surface area (TPSA) is 70.1 Å². The van der Waals surface area contributed by atoms with Crippen molar-refractivity contribution < 1.29 is 4.79 Å². The Hall–Kier alpha value is -2.73. The first-order valence-corrected chi connectivity index (χ1v) is 7.97. The molecule has 0 radical (unpaired) electrons. The molecule has 2 N–H and O–H groups in total. The van der Waals surface area contributed by atoms with Crippen molar-refractivity contribution in [2.24, 2.45) is 5.10 Å². The van der Waals surface area contributed by atoms with Crippen LogP contribution in [-0.2, 0) is 0 Å². The molecule has 0 aliphatic rings. The molecule has 0 saturated heterocycles. The fraction of sp³-hybridized carbons (Fsp3) is 0.118. The van der Waals surface area contributed by atoms with Crippen LogP contribution in [0.25, 0.3) is 10.6 Å². The SMILES string of the molecule is C/C(=N/NC(=O)c1cc(-c2ccc(C)s2)[nH]n1)c1ccccc1. The number of thiophene rings is 1. The first-order chi connectivity index (χ1) is 11.1. The molecule has 0 aliphatic carbocycles. The zero-order valence-corrected chi connectivity index (χ0v) is 13.6. The quantitative estimate of drug-likeness (QED) is 0.568. The summed E-state index contributed by atoms with van der Waals surface area (Å²) in [5, 5.41) is 11.1. The Balaban J connectivity index is 1.71. The molecule has 2 heterocycles. The number of aryl methyl sites for hydroxylation is 1. The Morgan fingerprint density at radius 3 is 2.70 bits per heavy atom. The van der Waals surface area contributed by atoms with Crippen molar-refractivity contribution in [1.29, 1.82) is 0 Å². The monoisotopic (exact) mass is 324 g/mol. The van der Waals surface area contributed by atoms with Crippen molar-refractivity contribution >= 4 is 23.0 Å². The first-order valence-electron chi connectivity index (χ1n) is 7.16. The molecule has 0 unspecified atom stereocenters. The number of carbonyl (C=O) groups excluding carboxylic acids is 1. The van der Waals surface area contributed by atoms with Gasteiger partial charge in [0.25, 0.3) is 5.91 Å². The highest BCUT2D eigenvalue weighted by Crippen LogP contribution is 2.26. The number of hydrogen-bond acceptors (Lipinski definition) is 4. The molecule has 1 amide bonds. The number of benzene rings is 1. The molecule has 116 valence electrons. The number of nitrogens with zero attached hydrogens (tertiary/aromatic N) is 2. The summed E-state index contributed by atoms with van der Waals surface area (Å²) in [4.78, 5) is 14.4. The third-order valence-electron chi connectivity index (χ3n) is 3.33. The first kappa shape index (κ1) is 15.2. The molecule has 1 aromatic carbocycles. The van der Waals surface area contributed by atoms with Crippen LogP contribution >= 0.6 is 11.3 Å². The summed E-state index contributed by atoms with van der Waals surface area (Å²) in [5.41, 5.74) is 5.39. The summed E-state index contributed by atoms with van der Waals surface area (Å²) in [7, 11) is 0. The van der Waals surface area contributed by atoms with Gasteiger partial charge in [-0.25, -0.2) is 5.43 Å². The summed E-state index contributed by atoms with van der Waals surface area (Å²) in [6, 6.07) is 15.5. The minimum absolute atomic E-state index is 0.315. The molecular weight excluding hydrogens is 308 g/mol. The molecule has 0 atom stereocenters. The smallest absolute Gasteiger partial charge is 0.276 e. The standard InChI is InChI=1S/C17H16N4OS/c1-11-8-9-16(23-11)14-10-15(20-19-14)17(22)21-18-12(2)13-6-4-3-5-7-13/h3-10H,1-2H3,(H,19,20)(H,21,22)/b18-12-. The van der Waals surface area contributed by atoms with Crippen LogP contribution in [-0.4, -0.2) is 21.8 Å². The van der Waals surface area contributed by atoms with Crippen LogP contribution in [0.15, 0.2) is 53.6 Å². The van der Waals surface area contributed by atoms with Crippen LogP contribution in [0, 0.1) is 6.92 Å². The highest BCUT2D eigenvalue weighted by Gasteiger charge is 2.12. The summed E-state index contributed by atoms with van der Waals surface area (Å²) in [6.45, 7) is 3.89. The Kier molecular flexibility index (Phi) is 4.34. The molecule has 23 heavy (non-hydrogen) atoms. The van der Waals surface area contributed by atoms with E-state index in [9.17, 15) is 4.79 Å². The zero-order chi connectivity index (χ0) is 16.2. The van der Waals surface area contributed by atoms with Crippen LogP contribution in [0.2, 0.25) is 0 Å². The summed E-state index contributed by atoms with van der Waals surface area (Å²) < 4.78 is 0. The minimum Gasteiger partial charge on any atom is -0.276 e. The maximum atomic E-state index is 12.1. The fourth-order valence-corrected chi connectivity index (χ4v) is 2.91. The van der Waals surface area contributed by atoms with Gasteiger partial charge in [0, 0.05) is 4.88 Å². The lowest BCUT2D eigenvalue weighted by Crippen LogP contribution is -2.19. The summed E-state index contributed by atoms with van der Waals surface area (Å²) in [6.07, 6.45) is 0. The molecular formula is C17H16N4OS. The number of aromatic nitrogens is 2. The Bertz CT molecular complexity index is 848. The Morgan fingerprint density at radius 1 is 1.22 bits per heavy atom. The van der Waals surface area contributed by atoms with Gasteiger partial charge in [-0.15, -0.1) is 11.3 Å². The van der Waals surface area contributed by atoms with Gasteiger partial charge in [-0.05, 0) is 37.6 Å². The Labute approximate surface area is 138 Å². The molecule has 0 aliphatic heterocycles. The molecule has 5 nitrogen and oxygen atoms in total. The minimum atomic E-state index is -0.337. The van der Waals surface area contributed by atoms with E-state index < -0.39 is 0 Å². The number of aromatic amines is 1. The van der Waals surface area contributed by atoms with E-state index in [2.05, 4.69) is 20.7 Å². The molecule has 0 saturated carbocycles. The summed E-state index contributed by atoms with van der Waals surface area (Å²) >= 11 is 1.65. The van der Waals surface area contributed by atoms with Gasteiger partial charge in [-0.2, -0.15) is 10.2 Å². The second-order valence-electron chi connectivity index (χ2n) is 5.08. The molecule has 3 aromatic rings. The molecule has 0 bridgehead atoms. The number of carbonyl (C=O) groups is 1. The fourth-order valence-electron chi connectivity index (χ4n) is 2.08. The van der Waals surface area contributed by atoms with Crippen LogP contribution in [0.5, 0.6) is 0 Å². The van der Waals surface area contributed by atoms with Crippen LogP contribution < -0.4 is 5.43 Å². The maximum absolute atomic E-state index is 12.1. The number of nitrogens with one attached hydrogen (secondary N) is 2. The Morgan fingerprint density at radius 2 is 2.00 bits per heavy atom. The summed E-state index contributed by atoms with van der Waals surface area (Å²) in [5.74, 6) is -0.337. The van der Waals surface area contributed by atoms with E-state index in [1.165, 1.54) is 4.88 Å². The van der Waals surface area contributed by atoms with E-state index in [4.69, 9.17) is 0 Å². The second-order valence-corrected chi connectivity index (χ2v) is 6.37. The van der Waals surface area contributed by atoms with Crippen molar-refractivity contribution in [3.63, 3.8) is 0 Å². The highest BCUT2D eigenvalue weighted by atomic mass is 32.1. The van der Waals surface area contributed by atoms with Gasteiger partial charge in [0.1, 0.15) is 0 Å². The predicted molar refractivity (Wildman–Crippen MR) is 92.8 cm³/mol. The van der Waals surface area contributed by atoms with Crippen LogP contribution in [0.1, 0.15) is 27.9 Å². The maximum Gasteiger partial charge on any atom is 0.291 e. The van der Waals surface area contributed by atoms with Gasteiger partial charge < -0.3 is 0 Å². The van der Waals surface area contributed by atoms with Crippen molar-refractivity contribution in [1.82, 2.24) is 15.6 Å². The number of hydrazone groups is 1. The third kappa shape index (κ3) is 3.54. The number of hydrogen-bond donors (Lipinski definition) is 2. The van der Waals surface area contributed by atoms with Crippen LogP contribution in [0.4, 0.5) is 0 Å². The molecule has 0 spiro atoms. The number of rotatable bonds is 4. The average molecular weight is 324 g/mol. The van der Waals surface area contributed by atoms with Gasteiger partial charge >= 0.3 is 0 Å². The van der Waals surface area contributed by atoms with E-state index in [1.54, 1.807) is 17.4 Å². The molecule has 2 aromatic heterocycles. The molecule has 0 fully saturated rings. The third-order valence-corrected chi connectivity index (χ3v) is 4.37. The lowest BCUT2D eigenvalue weighted by Gasteiger charge is -2.00. The number of amides is 1. The largest absolute Gasteiger partial charge is 0.291 e. The molecule has 3 rings (SSSR count). The van der Waals surface area contributed by atoms with Crippen molar-refractivity contribution in [2.75, 3.05) is 0 Å². The number of H-pyrrole nitrogens is 1. The van der Waals surface area contributed by atoms with E-state index in [-0.39, 0.29) is 5.91 Å². The van der Waals surface area contributed by atoms with Gasteiger partial charge in [0.2, 0.25) is 0 Å². The normalized spacial score (nSPS) is 11.5. The lowest BCUT2D eigenvalue weighted by atomic mass is 10.1. The van der Waals surface area contributed by atoms with Gasteiger partial charge in [-0.1, -0.05) is 30.3 Å². The zero-order valence-electron chi connectivity index (χ0n) is 12.8. The van der Waals surface area contributed by atoms with E-state index in [0.29, 0.717) is 5.69 Å². The van der Waals surface area contributed by atoms with Crippen molar-refractivity contribution in [2.45, 2.75) is 13.8 Å². The van der Waals surface area contributed by atoms with Crippen LogP contribution in [0.3, 0.4) is 0 Å². The van der Waals surface area contributed by atoms with Gasteiger partial charge in [0.05, 0.1) is 16.3 Å².